The standard InChI is InChI=1S/C19H34N6O.HI/c1-14(2)18-15(11-24(5)22-18)10-23(4)19(20-3)21-9-17-12-25-8-6-7-16(25)13-26-17;/h11,14,16-17H,6-10,12-13H2,1-5H3,(H,20,21);1H. The van der Waals surface area contributed by atoms with Gasteiger partial charge in [-0.05, 0) is 25.3 Å². The zero-order valence-electron chi connectivity index (χ0n) is 17.3. The number of fused-ring (bicyclic) bond motifs is 1. The van der Waals surface area contributed by atoms with Crippen molar-refractivity contribution in [2.24, 2.45) is 12.0 Å². The second kappa shape index (κ2) is 10.1. The summed E-state index contributed by atoms with van der Waals surface area (Å²) in [5, 5.41) is 8.09. The van der Waals surface area contributed by atoms with Gasteiger partial charge in [-0.25, -0.2) is 0 Å². The number of aromatic nitrogens is 2. The molecule has 3 heterocycles. The highest BCUT2D eigenvalue weighted by molar-refractivity contribution is 14.0. The molecule has 154 valence electrons. The maximum atomic E-state index is 6.05. The first-order valence-corrected chi connectivity index (χ1v) is 9.77. The van der Waals surface area contributed by atoms with Gasteiger partial charge in [-0.3, -0.25) is 14.6 Å². The van der Waals surface area contributed by atoms with E-state index in [9.17, 15) is 0 Å². The number of nitrogens with one attached hydrogen (secondary N) is 1. The van der Waals surface area contributed by atoms with E-state index in [1.165, 1.54) is 24.9 Å². The van der Waals surface area contributed by atoms with Crippen molar-refractivity contribution in [1.82, 2.24) is 24.9 Å². The zero-order chi connectivity index (χ0) is 18.7. The monoisotopic (exact) mass is 490 g/mol. The topological polar surface area (TPSA) is 57.9 Å². The van der Waals surface area contributed by atoms with E-state index in [2.05, 4.69) is 52.3 Å². The zero-order valence-corrected chi connectivity index (χ0v) is 19.6. The predicted molar refractivity (Wildman–Crippen MR) is 120 cm³/mol. The molecular formula is C19H35IN6O. The van der Waals surface area contributed by atoms with Crippen LogP contribution in [0.2, 0.25) is 0 Å². The van der Waals surface area contributed by atoms with E-state index < -0.39 is 0 Å². The fourth-order valence-corrected chi connectivity index (χ4v) is 4.09. The molecule has 3 rings (SSSR count). The largest absolute Gasteiger partial charge is 0.373 e. The summed E-state index contributed by atoms with van der Waals surface area (Å²) in [4.78, 5) is 9.18. The Balaban J connectivity index is 0.00000261. The SMILES string of the molecule is CN=C(NCC1CN2CCCC2CO1)N(C)Cc1cn(C)nc1C(C)C.I. The minimum Gasteiger partial charge on any atom is -0.373 e. The van der Waals surface area contributed by atoms with Crippen LogP contribution in [0.1, 0.15) is 43.9 Å². The van der Waals surface area contributed by atoms with Crippen molar-refractivity contribution in [3.05, 3.63) is 17.5 Å². The van der Waals surface area contributed by atoms with E-state index in [1.54, 1.807) is 0 Å². The quantitative estimate of drug-likeness (QED) is 0.389. The lowest BCUT2D eigenvalue weighted by Crippen LogP contribution is -2.51. The van der Waals surface area contributed by atoms with Gasteiger partial charge in [0.2, 0.25) is 0 Å². The van der Waals surface area contributed by atoms with Crippen molar-refractivity contribution in [2.45, 2.75) is 51.3 Å². The molecule has 7 nitrogen and oxygen atoms in total. The fraction of sp³-hybridized carbons (Fsp3) is 0.789. The number of hydrogen-bond acceptors (Lipinski definition) is 4. The number of aryl methyl sites for hydroxylation is 1. The number of morpholine rings is 1. The van der Waals surface area contributed by atoms with Crippen LogP contribution in [-0.2, 0) is 18.3 Å². The molecule has 1 aromatic heterocycles. The summed E-state index contributed by atoms with van der Waals surface area (Å²) >= 11 is 0. The van der Waals surface area contributed by atoms with Crippen LogP contribution in [0.5, 0.6) is 0 Å². The molecule has 0 spiro atoms. The Morgan fingerprint density at radius 1 is 1.48 bits per heavy atom. The second-order valence-corrected chi connectivity index (χ2v) is 7.90. The van der Waals surface area contributed by atoms with E-state index in [0.29, 0.717) is 12.0 Å². The molecule has 0 amide bonds. The third-order valence-corrected chi connectivity index (χ3v) is 5.41. The van der Waals surface area contributed by atoms with Gasteiger partial charge in [0.05, 0.1) is 18.4 Å². The Morgan fingerprint density at radius 3 is 2.96 bits per heavy atom. The van der Waals surface area contributed by atoms with Gasteiger partial charge >= 0.3 is 0 Å². The number of ether oxygens (including phenoxy) is 1. The van der Waals surface area contributed by atoms with Crippen molar-refractivity contribution < 1.29 is 4.74 Å². The Labute approximate surface area is 180 Å². The van der Waals surface area contributed by atoms with Crippen LogP contribution in [0.25, 0.3) is 0 Å². The first kappa shape index (κ1) is 22.4. The lowest BCUT2D eigenvalue weighted by atomic mass is 10.1. The summed E-state index contributed by atoms with van der Waals surface area (Å²) in [6, 6.07) is 0.647. The van der Waals surface area contributed by atoms with Gasteiger partial charge in [0.25, 0.3) is 0 Å². The number of hydrogen-bond donors (Lipinski definition) is 1. The lowest BCUT2D eigenvalue weighted by molar-refractivity contribution is -0.0454. The summed E-state index contributed by atoms with van der Waals surface area (Å²) in [6.45, 7) is 9.08. The van der Waals surface area contributed by atoms with Crippen molar-refractivity contribution >= 4 is 29.9 Å². The van der Waals surface area contributed by atoms with Crippen molar-refractivity contribution in [3.8, 4) is 0 Å². The highest BCUT2D eigenvalue weighted by Crippen LogP contribution is 2.22. The number of halogens is 1. The van der Waals surface area contributed by atoms with Gasteiger partial charge in [0.1, 0.15) is 0 Å². The molecule has 0 aliphatic carbocycles. The molecule has 8 heteroatoms. The summed E-state index contributed by atoms with van der Waals surface area (Å²) in [5.41, 5.74) is 2.41. The maximum Gasteiger partial charge on any atom is 0.193 e. The normalized spacial score (nSPS) is 23.3. The molecule has 2 fully saturated rings. The maximum absolute atomic E-state index is 6.05. The number of guanidine groups is 1. The minimum absolute atomic E-state index is 0. The smallest absolute Gasteiger partial charge is 0.193 e. The second-order valence-electron chi connectivity index (χ2n) is 7.90. The summed E-state index contributed by atoms with van der Waals surface area (Å²) in [5.74, 6) is 1.31. The molecule has 0 saturated carbocycles. The van der Waals surface area contributed by atoms with Gasteiger partial charge in [-0.1, -0.05) is 13.8 Å². The molecule has 1 N–H and O–H groups in total. The molecule has 0 radical (unpaired) electrons. The molecular weight excluding hydrogens is 455 g/mol. The molecule has 2 atom stereocenters. The molecule has 1 aromatic rings. The molecule has 0 bridgehead atoms. The van der Waals surface area contributed by atoms with Crippen LogP contribution in [0, 0.1) is 0 Å². The van der Waals surface area contributed by atoms with E-state index in [1.807, 2.05) is 18.8 Å². The summed E-state index contributed by atoms with van der Waals surface area (Å²) in [7, 11) is 5.89. The van der Waals surface area contributed by atoms with Gasteiger partial charge < -0.3 is 15.0 Å². The first-order chi connectivity index (χ1) is 12.5. The van der Waals surface area contributed by atoms with Crippen LogP contribution in [0.3, 0.4) is 0 Å². The fourth-order valence-electron chi connectivity index (χ4n) is 4.09. The Bertz CT molecular complexity index is 632. The van der Waals surface area contributed by atoms with Gasteiger partial charge in [0.15, 0.2) is 5.96 Å². The van der Waals surface area contributed by atoms with E-state index in [0.717, 1.165) is 37.9 Å². The Hall–Kier alpha value is -0.870. The van der Waals surface area contributed by atoms with Crippen molar-refractivity contribution in [2.75, 3.05) is 40.3 Å². The first-order valence-electron chi connectivity index (χ1n) is 9.77. The average Bonchev–Trinajstić information content (AvgIpc) is 3.21. The minimum atomic E-state index is 0. The number of nitrogens with zero attached hydrogens (tertiary/aromatic N) is 5. The number of aliphatic imine (C=N–C) groups is 1. The molecule has 27 heavy (non-hydrogen) atoms. The molecule has 2 aliphatic heterocycles. The average molecular weight is 490 g/mol. The highest BCUT2D eigenvalue weighted by Gasteiger charge is 2.32. The van der Waals surface area contributed by atoms with Crippen LogP contribution in [-0.4, -0.2) is 78.0 Å². The molecule has 2 unspecified atom stereocenters. The van der Waals surface area contributed by atoms with E-state index in [-0.39, 0.29) is 30.1 Å². The third kappa shape index (κ3) is 5.57. The van der Waals surface area contributed by atoms with Crippen molar-refractivity contribution in [1.29, 1.82) is 0 Å². The Kier molecular flexibility index (Phi) is 8.36. The van der Waals surface area contributed by atoms with Crippen LogP contribution in [0.4, 0.5) is 0 Å². The predicted octanol–water partition coefficient (Wildman–Crippen LogP) is 2.03. The van der Waals surface area contributed by atoms with Crippen LogP contribution < -0.4 is 5.32 Å². The third-order valence-electron chi connectivity index (χ3n) is 5.41. The van der Waals surface area contributed by atoms with Crippen molar-refractivity contribution in [3.63, 3.8) is 0 Å². The van der Waals surface area contributed by atoms with Gasteiger partial charge in [-0.2, -0.15) is 5.10 Å². The van der Waals surface area contributed by atoms with E-state index >= 15 is 0 Å². The molecule has 2 aliphatic rings. The van der Waals surface area contributed by atoms with E-state index in [4.69, 9.17) is 4.74 Å². The summed E-state index contributed by atoms with van der Waals surface area (Å²) < 4.78 is 7.95. The summed E-state index contributed by atoms with van der Waals surface area (Å²) in [6.07, 6.45) is 4.94. The van der Waals surface area contributed by atoms with Gasteiger partial charge in [-0.15, -0.1) is 24.0 Å². The highest BCUT2D eigenvalue weighted by atomic mass is 127. The molecule has 2 saturated heterocycles. The van der Waals surface area contributed by atoms with Crippen LogP contribution >= 0.6 is 24.0 Å². The lowest BCUT2D eigenvalue weighted by Gasteiger charge is -2.35. The van der Waals surface area contributed by atoms with Crippen LogP contribution in [0.15, 0.2) is 11.2 Å². The molecule has 0 aromatic carbocycles. The number of rotatable bonds is 5. The van der Waals surface area contributed by atoms with Gasteiger partial charge in [0, 0.05) is 58.6 Å². The Morgan fingerprint density at radius 2 is 2.26 bits per heavy atom.